The first-order chi connectivity index (χ1) is 9.19. The van der Waals surface area contributed by atoms with Gasteiger partial charge in [-0.1, -0.05) is 79.9 Å². The molecule has 0 amide bonds. The fourth-order valence-corrected chi connectivity index (χ4v) is 4.45. The molecule has 1 aromatic carbocycles. The molecule has 0 fully saturated rings. The predicted octanol–water partition coefficient (Wildman–Crippen LogP) is 5.07. The van der Waals surface area contributed by atoms with E-state index in [4.69, 9.17) is 0 Å². The van der Waals surface area contributed by atoms with Crippen molar-refractivity contribution >= 4 is 34.9 Å². The number of aromatic nitrogens is 2. The second kappa shape index (κ2) is 7.31. The zero-order valence-corrected chi connectivity index (χ0v) is 13.9. The largest absolute Gasteiger partial charge is 0.175 e. The standard InChI is InChI=1S/C14H18N2S3/c1-4-17-13-15-16-14(19-13)18-9-11-5-7-12(8-6-11)10(2)3/h5-8,10H,4,9H2,1-3H3. The summed E-state index contributed by atoms with van der Waals surface area (Å²) in [5.41, 5.74) is 2.74. The molecule has 0 atom stereocenters. The third-order valence-electron chi connectivity index (χ3n) is 2.66. The predicted molar refractivity (Wildman–Crippen MR) is 86.4 cm³/mol. The van der Waals surface area contributed by atoms with E-state index in [1.807, 2.05) is 0 Å². The number of thioether (sulfide) groups is 2. The molecular weight excluding hydrogens is 292 g/mol. The van der Waals surface area contributed by atoms with Crippen LogP contribution in [0.15, 0.2) is 32.9 Å². The molecule has 102 valence electrons. The molecule has 0 saturated carbocycles. The first kappa shape index (κ1) is 14.9. The van der Waals surface area contributed by atoms with Crippen molar-refractivity contribution in [3.63, 3.8) is 0 Å². The van der Waals surface area contributed by atoms with Gasteiger partial charge in [0, 0.05) is 5.75 Å². The lowest BCUT2D eigenvalue weighted by molar-refractivity contribution is 0.866. The Morgan fingerprint density at radius 3 is 2.26 bits per heavy atom. The molecule has 0 aliphatic heterocycles. The van der Waals surface area contributed by atoms with E-state index >= 15 is 0 Å². The van der Waals surface area contributed by atoms with Gasteiger partial charge in [0.25, 0.3) is 0 Å². The monoisotopic (exact) mass is 310 g/mol. The molecule has 0 spiro atoms. The van der Waals surface area contributed by atoms with Crippen molar-refractivity contribution < 1.29 is 0 Å². The lowest BCUT2D eigenvalue weighted by Crippen LogP contribution is -1.87. The van der Waals surface area contributed by atoms with Gasteiger partial charge in [-0.2, -0.15) is 0 Å². The minimum Gasteiger partial charge on any atom is -0.131 e. The molecule has 2 aromatic rings. The van der Waals surface area contributed by atoms with Gasteiger partial charge in [-0.15, -0.1) is 10.2 Å². The van der Waals surface area contributed by atoms with E-state index in [1.165, 1.54) is 11.1 Å². The molecule has 0 bridgehead atoms. The van der Waals surface area contributed by atoms with Gasteiger partial charge in [0.1, 0.15) is 0 Å². The molecule has 2 nitrogen and oxygen atoms in total. The number of benzene rings is 1. The summed E-state index contributed by atoms with van der Waals surface area (Å²) in [7, 11) is 0. The van der Waals surface area contributed by atoms with Crippen LogP contribution in [0, 0.1) is 0 Å². The third kappa shape index (κ3) is 4.51. The Hall–Kier alpha value is -0.520. The highest BCUT2D eigenvalue weighted by Crippen LogP contribution is 2.30. The van der Waals surface area contributed by atoms with Crippen LogP contribution in [0.25, 0.3) is 0 Å². The summed E-state index contributed by atoms with van der Waals surface area (Å²) in [6.07, 6.45) is 0. The van der Waals surface area contributed by atoms with Crippen LogP contribution in [-0.4, -0.2) is 16.0 Å². The van der Waals surface area contributed by atoms with E-state index in [2.05, 4.69) is 55.2 Å². The second-order valence-electron chi connectivity index (χ2n) is 4.45. The summed E-state index contributed by atoms with van der Waals surface area (Å²) < 4.78 is 2.13. The molecule has 19 heavy (non-hydrogen) atoms. The Labute approximate surface area is 127 Å². The number of nitrogens with zero attached hydrogens (tertiary/aromatic N) is 2. The highest BCUT2D eigenvalue weighted by atomic mass is 32.2. The van der Waals surface area contributed by atoms with E-state index < -0.39 is 0 Å². The average molecular weight is 311 g/mol. The van der Waals surface area contributed by atoms with Gasteiger partial charge < -0.3 is 0 Å². The van der Waals surface area contributed by atoms with E-state index in [0.29, 0.717) is 5.92 Å². The molecule has 0 radical (unpaired) electrons. The van der Waals surface area contributed by atoms with Gasteiger partial charge >= 0.3 is 0 Å². The van der Waals surface area contributed by atoms with Gasteiger partial charge in [0.05, 0.1) is 0 Å². The Balaban J connectivity index is 1.90. The van der Waals surface area contributed by atoms with Crippen LogP contribution < -0.4 is 0 Å². The zero-order chi connectivity index (χ0) is 13.7. The molecule has 0 N–H and O–H groups in total. The third-order valence-corrected chi connectivity index (χ3v) is 5.81. The van der Waals surface area contributed by atoms with Gasteiger partial charge in [-0.25, -0.2) is 0 Å². The zero-order valence-electron chi connectivity index (χ0n) is 11.4. The van der Waals surface area contributed by atoms with Crippen LogP contribution >= 0.6 is 34.9 Å². The molecule has 1 heterocycles. The fourth-order valence-electron chi connectivity index (χ4n) is 1.58. The molecule has 1 aromatic heterocycles. The van der Waals surface area contributed by atoms with Crippen LogP contribution in [-0.2, 0) is 5.75 Å². The number of hydrogen-bond donors (Lipinski definition) is 0. The van der Waals surface area contributed by atoms with Crippen molar-refractivity contribution in [2.75, 3.05) is 5.75 Å². The smallest absolute Gasteiger partial charge is 0.131 e. The maximum atomic E-state index is 4.21. The minimum atomic E-state index is 0.596. The van der Waals surface area contributed by atoms with Gasteiger partial charge in [0.15, 0.2) is 8.68 Å². The Kier molecular flexibility index (Phi) is 5.73. The molecule has 0 saturated heterocycles. The summed E-state index contributed by atoms with van der Waals surface area (Å²) in [5, 5.41) is 8.37. The van der Waals surface area contributed by atoms with E-state index in [-0.39, 0.29) is 0 Å². The molecule has 0 unspecified atom stereocenters. The first-order valence-corrected chi connectivity index (χ1v) is 9.15. The summed E-state index contributed by atoms with van der Waals surface area (Å²) in [6, 6.07) is 8.87. The van der Waals surface area contributed by atoms with Gasteiger partial charge in [-0.05, 0) is 22.8 Å². The average Bonchev–Trinajstić information content (AvgIpc) is 2.85. The SMILES string of the molecule is CCSc1nnc(SCc2ccc(C(C)C)cc2)s1. The molecule has 2 rings (SSSR count). The Bertz CT molecular complexity index is 506. The highest BCUT2D eigenvalue weighted by molar-refractivity contribution is 8.02. The number of rotatable bonds is 6. The van der Waals surface area contributed by atoms with Crippen molar-refractivity contribution in [1.29, 1.82) is 0 Å². The van der Waals surface area contributed by atoms with Crippen molar-refractivity contribution in [2.45, 2.75) is 41.1 Å². The molecular formula is C14H18N2S3. The second-order valence-corrected chi connectivity index (χ2v) is 8.16. The summed E-state index contributed by atoms with van der Waals surface area (Å²) >= 11 is 5.21. The van der Waals surface area contributed by atoms with Crippen molar-refractivity contribution in [3.8, 4) is 0 Å². The quantitative estimate of drug-likeness (QED) is 0.696. The number of hydrogen-bond acceptors (Lipinski definition) is 5. The van der Waals surface area contributed by atoms with Gasteiger partial charge in [-0.3, -0.25) is 0 Å². The molecule has 0 aliphatic carbocycles. The maximum Gasteiger partial charge on any atom is 0.175 e. The topological polar surface area (TPSA) is 25.8 Å². The lowest BCUT2D eigenvalue weighted by Gasteiger charge is -2.05. The van der Waals surface area contributed by atoms with Crippen LogP contribution in [0.4, 0.5) is 0 Å². The van der Waals surface area contributed by atoms with E-state index in [9.17, 15) is 0 Å². The lowest BCUT2D eigenvalue weighted by atomic mass is 10.0. The van der Waals surface area contributed by atoms with Crippen LogP contribution in [0.3, 0.4) is 0 Å². The Morgan fingerprint density at radius 2 is 1.68 bits per heavy atom. The Morgan fingerprint density at radius 1 is 1.05 bits per heavy atom. The normalized spacial score (nSPS) is 11.2. The maximum absolute atomic E-state index is 4.21. The first-order valence-electron chi connectivity index (χ1n) is 6.37. The van der Waals surface area contributed by atoms with Crippen molar-refractivity contribution in [3.05, 3.63) is 35.4 Å². The minimum absolute atomic E-state index is 0.596. The molecule has 5 heteroatoms. The fraction of sp³-hybridized carbons (Fsp3) is 0.429. The summed E-state index contributed by atoms with van der Waals surface area (Å²) in [4.78, 5) is 0. The van der Waals surface area contributed by atoms with Crippen molar-refractivity contribution in [1.82, 2.24) is 10.2 Å². The van der Waals surface area contributed by atoms with Crippen LogP contribution in [0.1, 0.15) is 37.8 Å². The van der Waals surface area contributed by atoms with Gasteiger partial charge in [0.2, 0.25) is 0 Å². The highest BCUT2D eigenvalue weighted by Gasteiger charge is 2.05. The van der Waals surface area contributed by atoms with E-state index in [0.717, 1.165) is 20.2 Å². The molecule has 0 aliphatic rings. The van der Waals surface area contributed by atoms with Crippen LogP contribution in [0.5, 0.6) is 0 Å². The van der Waals surface area contributed by atoms with Crippen LogP contribution in [0.2, 0.25) is 0 Å². The summed E-state index contributed by atoms with van der Waals surface area (Å²) in [6.45, 7) is 6.57. The van der Waals surface area contributed by atoms with Crippen molar-refractivity contribution in [2.24, 2.45) is 0 Å². The summed E-state index contributed by atoms with van der Waals surface area (Å²) in [5.74, 6) is 2.61. The van der Waals surface area contributed by atoms with E-state index in [1.54, 1.807) is 34.9 Å².